The zero-order valence-electron chi connectivity index (χ0n) is 17.1. The first-order valence-corrected chi connectivity index (χ1v) is 11.3. The second kappa shape index (κ2) is 8.17. The summed E-state index contributed by atoms with van der Waals surface area (Å²) < 4.78 is 11.7. The minimum absolute atomic E-state index is 0.0288. The molecule has 0 unspecified atom stereocenters. The molecule has 5 rings (SSSR count). The van der Waals surface area contributed by atoms with Gasteiger partial charge in [-0.2, -0.15) is 0 Å². The Morgan fingerprint density at radius 1 is 1.10 bits per heavy atom. The Labute approximate surface area is 180 Å². The number of methoxy groups -OCH3 is 1. The third-order valence-electron chi connectivity index (χ3n) is 6.75. The summed E-state index contributed by atoms with van der Waals surface area (Å²) in [6, 6.07) is 3.31. The second-order valence-electron chi connectivity index (χ2n) is 8.94. The van der Waals surface area contributed by atoms with E-state index in [0.717, 1.165) is 25.7 Å². The lowest BCUT2D eigenvalue weighted by atomic mass is 9.49. The highest BCUT2D eigenvalue weighted by molar-refractivity contribution is 9.10. The van der Waals surface area contributed by atoms with Crippen molar-refractivity contribution in [3.63, 3.8) is 0 Å². The first-order valence-electron chi connectivity index (χ1n) is 10.5. The highest BCUT2D eigenvalue weighted by atomic mass is 79.9. The van der Waals surface area contributed by atoms with Gasteiger partial charge in [-0.1, -0.05) is 6.92 Å². The number of ether oxygens (including phenoxy) is 2. The average molecular weight is 465 g/mol. The first-order chi connectivity index (χ1) is 13.9. The van der Waals surface area contributed by atoms with E-state index in [2.05, 4.69) is 26.8 Å². The number of amides is 2. The van der Waals surface area contributed by atoms with Crippen LogP contribution >= 0.6 is 15.9 Å². The van der Waals surface area contributed by atoms with Crippen LogP contribution in [-0.2, 0) is 4.79 Å². The van der Waals surface area contributed by atoms with Crippen molar-refractivity contribution in [2.24, 2.45) is 23.2 Å². The molecule has 0 aromatic heterocycles. The van der Waals surface area contributed by atoms with Crippen LogP contribution in [0.1, 0.15) is 62.2 Å². The average Bonchev–Trinajstić information content (AvgIpc) is 2.69. The van der Waals surface area contributed by atoms with Crippen LogP contribution in [0.4, 0.5) is 0 Å². The summed E-state index contributed by atoms with van der Waals surface area (Å²) in [6.45, 7) is 2.58. The van der Waals surface area contributed by atoms with Crippen molar-refractivity contribution in [2.75, 3.05) is 13.7 Å². The van der Waals surface area contributed by atoms with E-state index in [-0.39, 0.29) is 17.2 Å². The summed E-state index contributed by atoms with van der Waals surface area (Å²) in [7, 11) is 1.54. The van der Waals surface area contributed by atoms with Crippen LogP contribution in [-0.4, -0.2) is 25.5 Å². The maximum Gasteiger partial charge on any atom is 0.269 e. The molecule has 1 aromatic carbocycles. The Morgan fingerprint density at radius 2 is 1.72 bits per heavy atom. The monoisotopic (exact) mass is 464 g/mol. The van der Waals surface area contributed by atoms with E-state index in [1.165, 1.54) is 26.4 Å². The van der Waals surface area contributed by atoms with Gasteiger partial charge in [-0.3, -0.25) is 20.4 Å². The number of hydrazine groups is 1. The third kappa shape index (κ3) is 3.98. The number of carbonyl (C=O) groups excluding carboxylic acids is 2. The normalized spacial score (nSPS) is 29.4. The number of rotatable bonds is 6. The minimum Gasteiger partial charge on any atom is -0.493 e. The lowest BCUT2D eigenvalue weighted by molar-refractivity contribution is -0.147. The molecule has 2 amide bonds. The van der Waals surface area contributed by atoms with E-state index in [1.54, 1.807) is 12.1 Å². The molecule has 29 heavy (non-hydrogen) atoms. The molecule has 0 radical (unpaired) electrons. The van der Waals surface area contributed by atoms with Gasteiger partial charge in [0, 0.05) is 5.56 Å². The molecule has 2 N–H and O–H groups in total. The number of carbonyl (C=O) groups is 2. The second-order valence-corrected chi connectivity index (χ2v) is 9.80. The number of hydrogen-bond donors (Lipinski definition) is 2. The molecule has 158 valence electrons. The molecule has 7 heteroatoms. The molecule has 4 aliphatic carbocycles. The topological polar surface area (TPSA) is 76.7 Å². The smallest absolute Gasteiger partial charge is 0.269 e. The van der Waals surface area contributed by atoms with Crippen molar-refractivity contribution in [1.82, 2.24) is 10.9 Å². The Morgan fingerprint density at radius 3 is 2.28 bits per heavy atom. The predicted molar refractivity (Wildman–Crippen MR) is 113 cm³/mol. The van der Waals surface area contributed by atoms with Crippen LogP contribution in [0, 0.1) is 23.2 Å². The van der Waals surface area contributed by atoms with Crippen molar-refractivity contribution >= 4 is 27.7 Å². The standard InChI is InChI=1S/C22H29BrN2O4/c1-3-4-29-19-17(23)8-16(9-18(19)28-2)20(26)24-25-21(27)22-10-13-5-14(11-22)7-15(6-13)12-22/h8-9,13-15H,3-7,10-12H2,1-2H3,(H,24,26)(H,25,27). The van der Waals surface area contributed by atoms with Crippen LogP contribution in [0.2, 0.25) is 0 Å². The van der Waals surface area contributed by atoms with Crippen LogP contribution in [0.25, 0.3) is 0 Å². The highest BCUT2D eigenvalue weighted by Gasteiger charge is 2.54. The summed E-state index contributed by atoms with van der Waals surface area (Å²) in [5.41, 5.74) is 5.43. The zero-order valence-corrected chi connectivity index (χ0v) is 18.6. The summed E-state index contributed by atoms with van der Waals surface area (Å²) in [6.07, 6.45) is 7.59. The number of nitrogens with one attached hydrogen (secondary N) is 2. The zero-order chi connectivity index (χ0) is 20.6. The maximum absolute atomic E-state index is 13.0. The summed E-state index contributed by atoms with van der Waals surface area (Å²) >= 11 is 3.45. The van der Waals surface area contributed by atoms with Gasteiger partial charge in [-0.05, 0) is 90.8 Å². The van der Waals surface area contributed by atoms with Gasteiger partial charge in [0.15, 0.2) is 11.5 Å². The van der Waals surface area contributed by atoms with Gasteiger partial charge in [-0.15, -0.1) is 0 Å². The molecule has 4 bridgehead atoms. The molecule has 1 aromatic rings. The van der Waals surface area contributed by atoms with E-state index in [9.17, 15) is 9.59 Å². The van der Waals surface area contributed by atoms with Crippen molar-refractivity contribution < 1.29 is 19.1 Å². The molecular weight excluding hydrogens is 436 g/mol. The van der Waals surface area contributed by atoms with E-state index >= 15 is 0 Å². The van der Waals surface area contributed by atoms with Gasteiger partial charge in [-0.25, -0.2) is 0 Å². The van der Waals surface area contributed by atoms with Crippen LogP contribution in [0.15, 0.2) is 16.6 Å². The van der Waals surface area contributed by atoms with Crippen LogP contribution < -0.4 is 20.3 Å². The fraction of sp³-hybridized carbons (Fsp3) is 0.636. The van der Waals surface area contributed by atoms with Gasteiger partial charge >= 0.3 is 0 Å². The molecule has 0 aliphatic heterocycles. The summed E-state index contributed by atoms with van der Waals surface area (Å²) in [4.78, 5) is 25.7. The Bertz CT molecular complexity index is 775. The number of hydrogen-bond acceptors (Lipinski definition) is 4. The summed E-state index contributed by atoms with van der Waals surface area (Å²) in [5, 5.41) is 0. The largest absolute Gasteiger partial charge is 0.493 e. The third-order valence-corrected chi connectivity index (χ3v) is 7.34. The van der Waals surface area contributed by atoms with E-state index in [4.69, 9.17) is 9.47 Å². The molecule has 0 spiro atoms. The highest BCUT2D eigenvalue weighted by Crippen LogP contribution is 2.60. The van der Waals surface area contributed by atoms with Crippen molar-refractivity contribution in [2.45, 2.75) is 51.9 Å². The quantitative estimate of drug-likeness (QED) is 0.617. The van der Waals surface area contributed by atoms with E-state index in [0.29, 0.717) is 45.9 Å². The first kappa shape index (κ1) is 20.5. The molecule has 4 aliphatic rings. The van der Waals surface area contributed by atoms with E-state index < -0.39 is 0 Å². The van der Waals surface area contributed by atoms with Gasteiger partial charge < -0.3 is 9.47 Å². The fourth-order valence-corrected chi connectivity index (χ4v) is 6.46. The van der Waals surface area contributed by atoms with Gasteiger partial charge in [0.1, 0.15) is 0 Å². The molecule has 0 heterocycles. The van der Waals surface area contributed by atoms with Gasteiger partial charge in [0.05, 0.1) is 23.6 Å². The van der Waals surface area contributed by atoms with Crippen LogP contribution in [0.3, 0.4) is 0 Å². The Balaban J connectivity index is 1.42. The van der Waals surface area contributed by atoms with Crippen molar-refractivity contribution in [3.05, 3.63) is 22.2 Å². The lowest BCUT2D eigenvalue weighted by Gasteiger charge is -2.55. The predicted octanol–water partition coefficient (Wildman–Crippen LogP) is 4.22. The Kier molecular flexibility index (Phi) is 5.78. The molecular formula is C22H29BrN2O4. The fourth-order valence-electron chi connectivity index (χ4n) is 5.90. The molecule has 0 atom stereocenters. The molecule has 6 nitrogen and oxygen atoms in total. The van der Waals surface area contributed by atoms with Gasteiger partial charge in [0.25, 0.3) is 5.91 Å². The number of halogens is 1. The number of benzene rings is 1. The van der Waals surface area contributed by atoms with Crippen LogP contribution in [0.5, 0.6) is 11.5 Å². The maximum atomic E-state index is 13.0. The molecule has 4 fully saturated rings. The SMILES string of the molecule is CCCOc1c(Br)cc(C(=O)NNC(=O)C23CC4CC(CC(C4)C2)C3)cc1OC. The Hall–Kier alpha value is -1.76. The minimum atomic E-state index is -0.371. The molecule has 0 saturated heterocycles. The lowest BCUT2D eigenvalue weighted by Crippen LogP contribution is -2.56. The molecule has 4 saturated carbocycles. The van der Waals surface area contributed by atoms with Crippen molar-refractivity contribution in [3.8, 4) is 11.5 Å². The van der Waals surface area contributed by atoms with Crippen molar-refractivity contribution in [1.29, 1.82) is 0 Å². The van der Waals surface area contributed by atoms with Gasteiger partial charge in [0.2, 0.25) is 5.91 Å². The van der Waals surface area contributed by atoms with E-state index in [1.807, 2.05) is 6.92 Å². The summed E-state index contributed by atoms with van der Waals surface area (Å²) in [5.74, 6) is 2.69.